The van der Waals surface area contributed by atoms with E-state index in [4.69, 9.17) is 0 Å². The molecule has 0 aliphatic carbocycles. The van der Waals surface area contributed by atoms with E-state index in [1.54, 1.807) is 4.68 Å². The average molecular weight is 203 g/mol. The van der Waals surface area contributed by atoms with Gasteiger partial charge in [-0.2, -0.15) is 5.10 Å². The van der Waals surface area contributed by atoms with Crippen molar-refractivity contribution in [3.8, 4) is 11.5 Å². The van der Waals surface area contributed by atoms with Gasteiger partial charge in [0.25, 0.3) is 0 Å². The van der Waals surface area contributed by atoms with Gasteiger partial charge in [0, 0.05) is 19.3 Å². The highest BCUT2D eigenvalue weighted by atomic mass is 15.3. The summed E-state index contributed by atoms with van der Waals surface area (Å²) >= 11 is 0. The molecule has 0 bridgehead atoms. The van der Waals surface area contributed by atoms with Gasteiger partial charge in [-0.25, -0.2) is 0 Å². The van der Waals surface area contributed by atoms with E-state index in [0.29, 0.717) is 0 Å². The molecule has 2 aromatic heterocycles. The molecule has 0 atom stereocenters. The number of aryl methyl sites for hydroxylation is 2. The summed E-state index contributed by atoms with van der Waals surface area (Å²) in [6.45, 7) is 9.72. The minimum absolute atomic E-state index is 0.725. The fraction of sp³-hybridized carbons (Fsp3) is 0.300. The van der Waals surface area contributed by atoms with Gasteiger partial charge in [-0.1, -0.05) is 13.2 Å². The summed E-state index contributed by atoms with van der Waals surface area (Å²) in [6.07, 6.45) is 0. The smallest absolute Gasteiger partial charge is 0.184 e. The molecule has 2 rings (SSSR count). The average Bonchev–Trinajstić information content (AvgIpc) is 2.64. The Kier molecular flexibility index (Phi) is 1.96. The van der Waals surface area contributed by atoms with Gasteiger partial charge in [-0.15, -0.1) is 10.2 Å². The maximum Gasteiger partial charge on any atom is 0.184 e. The van der Waals surface area contributed by atoms with E-state index in [1.165, 1.54) is 0 Å². The van der Waals surface area contributed by atoms with Crippen LogP contribution in [0.25, 0.3) is 24.7 Å². The van der Waals surface area contributed by atoms with Gasteiger partial charge in [0.2, 0.25) is 0 Å². The van der Waals surface area contributed by atoms with E-state index in [2.05, 4.69) is 28.5 Å². The first-order chi connectivity index (χ1) is 7.02. The van der Waals surface area contributed by atoms with Crippen molar-refractivity contribution >= 4 is 13.2 Å². The Morgan fingerprint density at radius 2 is 1.80 bits per heavy atom. The van der Waals surface area contributed by atoms with Crippen molar-refractivity contribution in [3.05, 3.63) is 16.4 Å². The lowest BCUT2D eigenvalue weighted by molar-refractivity contribution is 0.742. The van der Waals surface area contributed by atoms with Gasteiger partial charge in [-0.3, -0.25) is 4.68 Å². The van der Waals surface area contributed by atoms with Gasteiger partial charge < -0.3 is 4.57 Å². The number of hydrogen-bond acceptors (Lipinski definition) is 3. The predicted molar refractivity (Wildman–Crippen MR) is 58.2 cm³/mol. The second-order valence-corrected chi connectivity index (χ2v) is 3.53. The summed E-state index contributed by atoms with van der Waals surface area (Å²) in [7, 11) is 3.74. The standard InChI is InChI=1S/C10H13N5/c1-6-7(2)15(5)13-9(6)10-12-11-8(3)14(10)4/h1-2H2,3-5H3. The van der Waals surface area contributed by atoms with Crippen LogP contribution in [-0.4, -0.2) is 24.5 Å². The molecular weight excluding hydrogens is 190 g/mol. The molecule has 0 aliphatic rings. The number of rotatable bonds is 1. The molecule has 0 unspecified atom stereocenters. The number of aromatic nitrogens is 5. The zero-order chi connectivity index (χ0) is 11.2. The molecule has 5 heteroatoms. The van der Waals surface area contributed by atoms with E-state index in [1.807, 2.05) is 25.6 Å². The number of nitrogens with zero attached hydrogens (tertiary/aromatic N) is 5. The van der Waals surface area contributed by atoms with Gasteiger partial charge in [0.05, 0.1) is 5.35 Å². The SMILES string of the molecule is C=c1c(-c2nnc(C)n2C)nn(C)c1=C. The minimum Gasteiger partial charge on any atom is -0.313 e. The molecule has 0 radical (unpaired) electrons. The Hall–Kier alpha value is -1.91. The third kappa shape index (κ3) is 1.27. The fourth-order valence-corrected chi connectivity index (χ4v) is 1.40. The summed E-state index contributed by atoms with van der Waals surface area (Å²) in [5.74, 6) is 1.57. The summed E-state index contributed by atoms with van der Waals surface area (Å²) in [4.78, 5) is 0. The predicted octanol–water partition coefficient (Wildman–Crippen LogP) is -0.655. The maximum atomic E-state index is 4.32. The highest BCUT2D eigenvalue weighted by Gasteiger charge is 2.12. The molecule has 0 spiro atoms. The lowest BCUT2D eigenvalue weighted by Crippen LogP contribution is -2.25. The first-order valence-corrected chi connectivity index (χ1v) is 4.59. The van der Waals surface area contributed by atoms with Crippen LogP contribution in [0.3, 0.4) is 0 Å². The Labute approximate surface area is 87.4 Å². The van der Waals surface area contributed by atoms with Crippen LogP contribution >= 0.6 is 0 Å². The molecule has 5 nitrogen and oxygen atoms in total. The van der Waals surface area contributed by atoms with Gasteiger partial charge in [-0.05, 0) is 6.92 Å². The molecule has 0 N–H and O–H groups in total. The molecule has 15 heavy (non-hydrogen) atoms. The van der Waals surface area contributed by atoms with Crippen molar-refractivity contribution in [2.45, 2.75) is 6.92 Å². The van der Waals surface area contributed by atoms with E-state index >= 15 is 0 Å². The first-order valence-electron chi connectivity index (χ1n) is 4.59. The Morgan fingerprint density at radius 3 is 2.20 bits per heavy atom. The van der Waals surface area contributed by atoms with Crippen molar-refractivity contribution in [1.82, 2.24) is 24.5 Å². The van der Waals surface area contributed by atoms with Gasteiger partial charge in [0.15, 0.2) is 5.82 Å². The highest BCUT2D eigenvalue weighted by molar-refractivity contribution is 5.50. The van der Waals surface area contributed by atoms with E-state index in [0.717, 1.165) is 27.9 Å². The lowest BCUT2D eigenvalue weighted by atomic mass is 10.3. The van der Waals surface area contributed by atoms with Crippen LogP contribution in [-0.2, 0) is 14.1 Å². The molecule has 0 saturated heterocycles. The Morgan fingerprint density at radius 1 is 1.13 bits per heavy atom. The van der Waals surface area contributed by atoms with E-state index in [9.17, 15) is 0 Å². The summed E-state index contributed by atoms with van der Waals surface area (Å²) in [6, 6.07) is 0. The van der Waals surface area contributed by atoms with Crippen molar-refractivity contribution < 1.29 is 0 Å². The number of hydrogen-bond donors (Lipinski definition) is 0. The van der Waals surface area contributed by atoms with E-state index in [-0.39, 0.29) is 0 Å². The van der Waals surface area contributed by atoms with Gasteiger partial charge >= 0.3 is 0 Å². The molecule has 0 fully saturated rings. The first kappa shape index (κ1) is 9.64. The van der Waals surface area contributed by atoms with Crippen LogP contribution in [0.5, 0.6) is 0 Å². The third-order valence-corrected chi connectivity index (χ3v) is 2.58. The lowest BCUT2D eigenvalue weighted by Gasteiger charge is -1.96. The van der Waals surface area contributed by atoms with Crippen LogP contribution in [0.15, 0.2) is 0 Å². The van der Waals surface area contributed by atoms with Crippen molar-refractivity contribution in [1.29, 1.82) is 0 Å². The molecule has 0 aliphatic heterocycles. The summed E-state index contributed by atoms with van der Waals surface area (Å²) in [5.41, 5.74) is 0.741. The Balaban J connectivity index is 2.75. The Bertz CT molecular complexity index is 605. The van der Waals surface area contributed by atoms with Crippen molar-refractivity contribution in [3.63, 3.8) is 0 Å². The molecule has 0 saturated carbocycles. The molecule has 2 heterocycles. The van der Waals surface area contributed by atoms with Crippen LogP contribution in [0.4, 0.5) is 0 Å². The largest absolute Gasteiger partial charge is 0.313 e. The molecule has 0 amide bonds. The molecule has 0 aromatic carbocycles. The topological polar surface area (TPSA) is 48.5 Å². The maximum absolute atomic E-state index is 4.32. The molecule has 78 valence electrons. The van der Waals surface area contributed by atoms with Crippen LogP contribution < -0.4 is 10.6 Å². The van der Waals surface area contributed by atoms with Crippen molar-refractivity contribution in [2.24, 2.45) is 14.1 Å². The minimum atomic E-state index is 0.725. The highest BCUT2D eigenvalue weighted by Crippen LogP contribution is 2.08. The third-order valence-electron chi connectivity index (χ3n) is 2.58. The van der Waals surface area contributed by atoms with E-state index < -0.39 is 0 Å². The van der Waals surface area contributed by atoms with Gasteiger partial charge in [0.1, 0.15) is 11.5 Å². The molecule has 2 aromatic rings. The normalized spacial score (nSPS) is 10.9. The zero-order valence-electron chi connectivity index (χ0n) is 9.15. The second kappa shape index (κ2) is 3.05. The summed E-state index contributed by atoms with van der Waals surface area (Å²) in [5, 5.41) is 14.0. The quantitative estimate of drug-likeness (QED) is 0.618. The zero-order valence-corrected chi connectivity index (χ0v) is 9.15. The fourth-order valence-electron chi connectivity index (χ4n) is 1.40. The second-order valence-electron chi connectivity index (χ2n) is 3.53. The molecular formula is C10H13N5. The monoisotopic (exact) mass is 203 g/mol. The van der Waals surface area contributed by atoms with Crippen molar-refractivity contribution in [2.75, 3.05) is 0 Å². The van der Waals surface area contributed by atoms with Crippen LogP contribution in [0.2, 0.25) is 0 Å². The summed E-state index contributed by atoms with van der Waals surface area (Å²) < 4.78 is 3.58. The van der Waals surface area contributed by atoms with Crippen LogP contribution in [0.1, 0.15) is 5.82 Å². The van der Waals surface area contributed by atoms with Crippen LogP contribution in [0, 0.1) is 6.92 Å².